The highest BCUT2D eigenvalue weighted by atomic mass is 16.5. The van der Waals surface area contributed by atoms with Gasteiger partial charge in [-0.25, -0.2) is 0 Å². The van der Waals surface area contributed by atoms with Crippen molar-refractivity contribution in [3.8, 4) is 0 Å². The summed E-state index contributed by atoms with van der Waals surface area (Å²) in [5.74, 6) is -3.20. The van der Waals surface area contributed by atoms with E-state index in [1.54, 1.807) is 20.8 Å². The van der Waals surface area contributed by atoms with Gasteiger partial charge in [0.15, 0.2) is 0 Å². The highest BCUT2D eigenvalue weighted by molar-refractivity contribution is 5.71. The first kappa shape index (κ1) is 37.4. The predicted molar refractivity (Wildman–Crippen MR) is 128 cm³/mol. The van der Waals surface area contributed by atoms with Crippen LogP contribution in [-0.4, -0.2) is 71.0 Å². The average molecular weight is 523 g/mol. The Labute approximate surface area is 212 Å². The summed E-state index contributed by atoms with van der Waals surface area (Å²) in [6, 6.07) is 0. The topological polar surface area (TPSA) is 191 Å². The van der Waals surface area contributed by atoms with E-state index in [1.165, 1.54) is 0 Å². The second kappa shape index (κ2) is 28.1. The highest BCUT2D eigenvalue weighted by Crippen LogP contribution is 2.03. The zero-order valence-electron chi connectivity index (χ0n) is 21.6. The van der Waals surface area contributed by atoms with Crippen molar-refractivity contribution in [3.05, 3.63) is 0 Å². The number of esters is 3. The first-order valence-corrected chi connectivity index (χ1v) is 12.1. The zero-order chi connectivity index (χ0) is 28.2. The van der Waals surface area contributed by atoms with Gasteiger partial charge >= 0.3 is 35.8 Å². The van der Waals surface area contributed by atoms with Gasteiger partial charge in [0.1, 0.15) is 0 Å². The molecule has 0 saturated carbocycles. The summed E-state index contributed by atoms with van der Waals surface area (Å²) in [4.78, 5) is 62.3. The Morgan fingerprint density at radius 2 is 0.611 bits per heavy atom. The van der Waals surface area contributed by atoms with Crippen LogP contribution in [0.3, 0.4) is 0 Å². The number of aliphatic carboxylic acids is 3. The molecular formula is C24H42O12. The second-order valence-electron chi connectivity index (χ2n) is 7.22. The van der Waals surface area contributed by atoms with Crippen molar-refractivity contribution >= 4 is 35.8 Å². The fraction of sp³-hybridized carbons (Fsp3) is 0.750. The Hall–Kier alpha value is -3.18. The molecule has 0 radical (unpaired) electrons. The zero-order valence-corrected chi connectivity index (χ0v) is 21.6. The third kappa shape index (κ3) is 38.1. The number of hydrogen-bond donors (Lipinski definition) is 3. The van der Waals surface area contributed by atoms with E-state index in [1.807, 2.05) is 0 Å². The lowest BCUT2D eigenvalue weighted by Gasteiger charge is -2.02. The van der Waals surface area contributed by atoms with Crippen LogP contribution >= 0.6 is 0 Å². The molecule has 0 rings (SSSR count). The number of ether oxygens (including phenoxy) is 3. The highest BCUT2D eigenvalue weighted by Gasteiger charge is 2.04. The van der Waals surface area contributed by atoms with Gasteiger partial charge in [0.05, 0.1) is 19.8 Å². The van der Waals surface area contributed by atoms with Crippen LogP contribution in [0.1, 0.15) is 97.8 Å². The van der Waals surface area contributed by atoms with E-state index in [9.17, 15) is 28.8 Å². The number of unbranched alkanes of at least 4 members (excludes halogenated alkanes) is 3. The molecule has 0 heterocycles. The molecule has 36 heavy (non-hydrogen) atoms. The van der Waals surface area contributed by atoms with Crippen LogP contribution in [0.5, 0.6) is 0 Å². The number of carbonyl (C=O) groups is 6. The fourth-order valence-corrected chi connectivity index (χ4v) is 2.34. The van der Waals surface area contributed by atoms with Crippen LogP contribution in [0.2, 0.25) is 0 Å². The van der Waals surface area contributed by atoms with E-state index in [-0.39, 0.29) is 37.2 Å². The monoisotopic (exact) mass is 522 g/mol. The summed E-state index contributed by atoms with van der Waals surface area (Å²) in [7, 11) is 0. The number of hydrogen-bond acceptors (Lipinski definition) is 9. The van der Waals surface area contributed by atoms with Crippen molar-refractivity contribution < 1.29 is 58.3 Å². The van der Waals surface area contributed by atoms with Crippen LogP contribution in [0, 0.1) is 0 Å². The van der Waals surface area contributed by atoms with E-state index < -0.39 is 17.9 Å². The molecule has 0 unspecified atom stereocenters. The van der Waals surface area contributed by atoms with Crippen LogP contribution in [0.25, 0.3) is 0 Å². The Morgan fingerprint density at radius 1 is 0.417 bits per heavy atom. The third-order valence-electron chi connectivity index (χ3n) is 3.98. The van der Waals surface area contributed by atoms with Crippen LogP contribution in [0.4, 0.5) is 0 Å². The van der Waals surface area contributed by atoms with E-state index >= 15 is 0 Å². The molecular weight excluding hydrogens is 480 g/mol. The summed E-state index contributed by atoms with van der Waals surface area (Å²) >= 11 is 0. The Kier molecular flexibility index (Phi) is 29.1. The lowest BCUT2D eigenvalue weighted by molar-refractivity contribution is -0.145. The van der Waals surface area contributed by atoms with Crippen LogP contribution in [0.15, 0.2) is 0 Å². The van der Waals surface area contributed by atoms with E-state index in [0.717, 1.165) is 0 Å². The maximum atomic E-state index is 10.9. The lowest BCUT2D eigenvalue weighted by Crippen LogP contribution is -2.06. The molecule has 0 saturated heterocycles. The molecule has 0 aliphatic heterocycles. The minimum absolute atomic E-state index is 0.0628. The summed E-state index contributed by atoms with van der Waals surface area (Å²) in [6.45, 7) is 6.51. The largest absolute Gasteiger partial charge is 0.481 e. The minimum atomic E-state index is -0.870. The molecule has 0 aliphatic carbocycles. The van der Waals surface area contributed by atoms with Crippen molar-refractivity contribution in [3.63, 3.8) is 0 Å². The molecule has 0 atom stereocenters. The first-order valence-electron chi connectivity index (χ1n) is 12.1. The molecule has 0 aromatic heterocycles. The molecule has 0 spiro atoms. The lowest BCUT2D eigenvalue weighted by atomic mass is 10.2. The summed E-state index contributed by atoms with van der Waals surface area (Å²) in [5, 5.41) is 24.5. The predicted octanol–water partition coefficient (Wildman–Crippen LogP) is 3.58. The second-order valence-corrected chi connectivity index (χ2v) is 7.22. The molecule has 12 nitrogen and oxygen atoms in total. The summed E-state index contributed by atoms with van der Waals surface area (Å²) in [5.41, 5.74) is 0. The van der Waals surface area contributed by atoms with Crippen LogP contribution < -0.4 is 0 Å². The smallest absolute Gasteiger partial charge is 0.305 e. The maximum absolute atomic E-state index is 10.9. The standard InChI is InChI=1S/C10H18O4.C8H14O4.C6H10O4/c1-3-13-9(11)7-5-6-8-10(12)14-4-2;1-2-12-8(11)6-4-3-5-7(9)10;7-5(8)3-1-2-4-6(9)10/h3-8H2,1-2H3;2-6H2,1H3,(H,9,10);1-4H2,(H,7,8)(H,9,10). The summed E-state index contributed by atoms with van der Waals surface area (Å²) in [6.07, 6.45) is 4.71. The first-order chi connectivity index (χ1) is 17.0. The van der Waals surface area contributed by atoms with Gasteiger partial charge in [-0.05, 0) is 59.3 Å². The molecule has 0 aromatic rings. The van der Waals surface area contributed by atoms with Gasteiger partial charge in [-0.2, -0.15) is 0 Å². The molecule has 12 heteroatoms. The Balaban J connectivity index is -0.000000460. The molecule has 3 N–H and O–H groups in total. The van der Waals surface area contributed by atoms with E-state index in [0.29, 0.717) is 77.6 Å². The quantitative estimate of drug-likeness (QED) is 0.135. The van der Waals surface area contributed by atoms with Crippen molar-refractivity contribution in [2.45, 2.75) is 97.8 Å². The molecule has 0 amide bonds. The fourth-order valence-electron chi connectivity index (χ4n) is 2.34. The maximum Gasteiger partial charge on any atom is 0.305 e. The van der Waals surface area contributed by atoms with Gasteiger partial charge in [0, 0.05) is 38.5 Å². The van der Waals surface area contributed by atoms with E-state index in [4.69, 9.17) is 24.8 Å². The Morgan fingerprint density at radius 3 is 0.778 bits per heavy atom. The molecule has 0 fully saturated rings. The average Bonchev–Trinajstić information content (AvgIpc) is 2.78. The van der Waals surface area contributed by atoms with Gasteiger partial charge in [-0.1, -0.05) is 0 Å². The van der Waals surface area contributed by atoms with Crippen molar-refractivity contribution in [2.24, 2.45) is 0 Å². The number of carboxylic acid groups (broad SMARTS) is 3. The minimum Gasteiger partial charge on any atom is -0.481 e. The van der Waals surface area contributed by atoms with Crippen molar-refractivity contribution in [1.29, 1.82) is 0 Å². The van der Waals surface area contributed by atoms with Gasteiger partial charge in [-0.15, -0.1) is 0 Å². The van der Waals surface area contributed by atoms with Gasteiger partial charge < -0.3 is 29.5 Å². The van der Waals surface area contributed by atoms with Gasteiger partial charge in [0.2, 0.25) is 0 Å². The molecule has 210 valence electrons. The third-order valence-corrected chi connectivity index (χ3v) is 3.98. The SMILES string of the molecule is CCOC(=O)CCCCC(=O)O.CCOC(=O)CCCCC(=O)OCC.O=C(O)CCCCC(=O)O. The van der Waals surface area contributed by atoms with Crippen LogP contribution in [-0.2, 0) is 43.0 Å². The molecule has 0 aliphatic rings. The number of carbonyl (C=O) groups excluding carboxylic acids is 3. The van der Waals surface area contributed by atoms with Gasteiger partial charge in [-0.3, -0.25) is 28.8 Å². The van der Waals surface area contributed by atoms with Gasteiger partial charge in [0.25, 0.3) is 0 Å². The number of rotatable bonds is 18. The van der Waals surface area contributed by atoms with E-state index in [2.05, 4.69) is 4.74 Å². The Bertz CT molecular complexity index is 595. The van der Waals surface area contributed by atoms with Crippen molar-refractivity contribution in [2.75, 3.05) is 19.8 Å². The van der Waals surface area contributed by atoms with Crippen molar-refractivity contribution in [1.82, 2.24) is 0 Å². The molecule has 0 bridgehead atoms. The normalized spacial score (nSPS) is 9.42. The molecule has 0 aromatic carbocycles. The summed E-state index contributed by atoms with van der Waals surface area (Å²) < 4.78 is 14.1. The number of carboxylic acids is 3.